The van der Waals surface area contributed by atoms with Crippen molar-refractivity contribution in [3.8, 4) is 17.1 Å². The van der Waals surface area contributed by atoms with Gasteiger partial charge in [0.15, 0.2) is 0 Å². The first-order valence-corrected chi connectivity index (χ1v) is 7.32. The van der Waals surface area contributed by atoms with E-state index >= 15 is 0 Å². The molecule has 1 heterocycles. The van der Waals surface area contributed by atoms with E-state index in [1.165, 1.54) is 13.2 Å². The summed E-state index contributed by atoms with van der Waals surface area (Å²) in [7, 11) is 1.49. The van der Waals surface area contributed by atoms with Crippen molar-refractivity contribution in [2.45, 2.75) is 0 Å². The second-order valence-electron chi connectivity index (χ2n) is 5.09. The highest BCUT2D eigenvalue weighted by Gasteiger charge is 2.17. The fourth-order valence-electron chi connectivity index (χ4n) is 2.25. The summed E-state index contributed by atoms with van der Waals surface area (Å²) >= 11 is 0. The highest BCUT2D eigenvalue weighted by Crippen LogP contribution is 2.22. The van der Waals surface area contributed by atoms with Crippen LogP contribution < -0.4 is 10.1 Å². The number of ether oxygens (including phenoxy) is 1. The number of nitrogens with one attached hydrogen (secondary N) is 1. The zero-order valence-corrected chi connectivity index (χ0v) is 13.2. The largest absolute Gasteiger partial charge is 0.480 e. The Morgan fingerprint density at radius 1 is 1.00 bits per heavy atom. The van der Waals surface area contributed by atoms with Gasteiger partial charge in [0.05, 0.1) is 12.8 Å². The summed E-state index contributed by atoms with van der Waals surface area (Å²) in [6.07, 6.45) is 0. The molecule has 0 atom stereocenters. The predicted octanol–water partition coefficient (Wildman–Crippen LogP) is 3.68. The maximum Gasteiger partial charge on any atom is 0.261 e. The van der Waals surface area contributed by atoms with Crippen molar-refractivity contribution >= 4 is 11.6 Å². The molecule has 0 aliphatic rings. The predicted molar refractivity (Wildman–Crippen MR) is 88.3 cm³/mol. The Morgan fingerprint density at radius 3 is 2.36 bits per heavy atom. The molecule has 7 heteroatoms. The van der Waals surface area contributed by atoms with E-state index in [0.717, 1.165) is 12.1 Å². The summed E-state index contributed by atoms with van der Waals surface area (Å²) in [4.78, 5) is 12.2. The van der Waals surface area contributed by atoms with Crippen LogP contribution in [0.4, 0.5) is 14.5 Å². The molecule has 3 aromatic rings. The number of rotatable bonds is 4. The van der Waals surface area contributed by atoms with Crippen molar-refractivity contribution in [2.24, 2.45) is 0 Å². The third-order valence-electron chi connectivity index (χ3n) is 3.46. The molecular formula is C18H13F2N3O2. The fraction of sp³-hybridized carbons (Fsp3) is 0.0556. The quantitative estimate of drug-likeness (QED) is 0.786. The van der Waals surface area contributed by atoms with Crippen LogP contribution >= 0.6 is 0 Å². The number of anilines is 1. The standard InChI is InChI=1S/C18H13F2N3O2/c1-25-16-9-8-15(22-23-16)11-4-2-5-12(10-11)21-18(24)17-13(19)6-3-7-14(17)20/h2-10H,1H3,(H,21,24). The molecule has 0 aliphatic carbocycles. The lowest BCUT2D eigenvalue weighted by Crippen LogP contribution is -2.15. The van der Waals surface area contributed by atoms with Gasteiger partial charge in [0.25, 0.3) is 5.91 Å². The molecule has 1 aromatic heterocycles. The van der Waals surface area contributed by atoms with Crippen molar-refractivity contribution in [2.75, 3.05) is 12.4 Å². The second-order valence-corrected chi connectivity index (χ2v) is 5.09. The summed E-state index contributed by atoms with van der Waals surface area (Å²) < 4.78 is 32.3. The molecule has 0 saturated carbocycles. The highest BCUT2D eigenvalue weighted by atomic mass is 19.1. The highest BCUT2D eigenvalue weighted by molar-refractivity contribution is 6.04. The summed E-state index contributed by atoms with van der Waals surface area (Å²) in [5, 5.41) is 10.4. The van der Waals surface area contributed by atoms with Gasteiger partial charge in [-0.15, -0.1) is 10.2 Å². The fourth-order valence-corrected chi connectivity index (χ4v) is 2.25. The molecule has 0 unspecified atom stereocenters. The molecule has 5 nitrogen and oxygen atoms in total. The number of carbonyl (C=O) groups excluding carboxylic acids is 1. The molecule has 0 bridgehead atoms. The zero-order valence-electron chi connectivity index (χ0n) is 13.2. The second kappa shape index (κ2) is 7.04. The van der Waals surface area contributed by atoms with Gasteiger partial charge in [0.1, 0.15) is 17.2 Å². The molecule has 1 N–H and O–H groups in total. The molecule has 0 radical (unpaired) electrons. The van der Waals surface area contributed by atoms with Crippen molar-refractivity contribution in [1.29, 1.82) is 0 Å². The van der Waals surface area contributed by atoms with Crippen molar-refractivity contribution in [3.05, 3.63) is 71.8 Å². The Labute approximate surface area is 142 Å². The summed E-state index contributed by atoms with van der Waals surface area (Å²) in [6, 6.07) is 13.3. The van der Waals surface area contributed by atoms with Gasteiger partial charge >= 0.3 is 0 Å². The summed E-state index contributed by atoms with van der Waals surface area (Å²) in [5.74, 6) is -2.33. The van der Waals surface area contributed by atoms with E-state index < -0.39 is 23.1 Å². The minimum absolute atomic E-state index is 0.378. The zero-order chi connectivity index (χ0) is 17.8. The lowest BCUT2D eigenvalue weighted by Gasteiger charge is -2.08. The van der Waals surface area contributed by atoms with E-state index in [4.69, 9.17) is 4.74 Å². The minimum Gasteiger partial charge on any atom is -0.480 e. The number of methoxy groups -OCH3 is 1. The maximum atomic E-state index is 13.7. The molecule has 0 aliphatic heterocycles. The Balaban J connectivity index is 1.85. The summed E-state index contributed by atoms with van der Waals surface area (Å²) in [6.45, 7) is 0. The van der Waals surface area contributed by atoms with Gasteiger partial charge in [0, 0.05) is 17.3 Å². The van der Waals surface area contributed by atoms with Crippen molar-refractivity contribution in [3.63, 3.8) is 0 Å². The van der Waals surface area contributed by atoms with E-state index in [9.17, 15) is 13.6 Å². The van der Waals surface area contributed by atoms with Crippen LogP contribution in [-0.4, -0.2) is 23.2 Å². The monoisotopic (exact) mass is 341 g/mol. The number of benzene rings is 2. The van der Waals surface area contributed by atoms with Gasteiger partial charge in [-0.2, -0.15) is 0 Å². The first kappa shape index (κ1) is 16.5. The molecular weight excluding hydrogens is 328 g/mol. The number of nitrogens with zero attached hydrogens (tertiary/aromatic N) is 2. The van der Waals surface area contributed by atoms with E-state index in [2.05, 4.69) is 15.5 Å². The average molecular weight is 341 g/mol. The molecule has 25 heavy (non-hydrogen) atoms. The first-order chi connectivity index (χ1) is 12.1. The third-order valence-corrected chi connectivity index (χ3v) is 3.46. The summed E-state index contributed by atoms with van der Waals surface area (Å²) in [5.41, 5.74) is 0.996. The number of hydrogen-bond donors (Lipinski definition) is 1. The number of amides is 1. The van der Waals surface area contributed by atoms with Crippen molar-refractivity contribution < 1.29 is 18.3 Å². The Kier molecular flexibility index (Phi) is 4.65. The SMILES string of the molecule is COc1ccc(-c2cccc(NC(=O)c3c(F)cccc3F)c2)nn1. The van der Waals surface area contributed by atoms with Gasteiger partial charge < -0.3 is 10.1 Å². The lowest BCUT2D eigenvalue weighted by molar-refractivity contribution is 0.101. The van der Waals surface area contributed by atoms with Crippen LogP contribution in [0.5, 0.6) is 5.88 Å². The van der Waals surface area contributed by atoms with Crippen LogP contribution in [0.25, 0.3) is 11.3 Å². The topological polar surface area (TPSA) is 64.1 Å². The molecule has 2 aromatic carbocycles. The van der Waals surface area contributed by atoms with Crippen LogP contribution in [-0.2, 0) is 0 Å². The minimum atomic E-state index is -0.922. The van der Waals surface area contributed by atoms with E-state index in [-0.39, 0.29) is 0 Å². The normalized spacial score (nSPS) is 10.4. The number of aromatic nitrogens is 2. The first-order valence-electron chi connectivity index (χ1n) is 7.32. The van der Waals surface area contributed by atoms with Crippen molar-refractivity contribution in [1.82, 2.24) is 10.2 Å². The number of carbonyl (C=O) groups is 1. The molecule has 0 fully saturated rings. The number of halogens is 2. The molecule has 126 valence electrons. The van der Waals surface area contributed by atoms with Crippen LogP contribution in [0.15, 0.2) is 54.6 Å². The van der Waals surface area contributed by atoms with Gasteiger partial charge in [-0.05, 0) is 30.3 Å². The third kappa shape index (κ3) is 3.60. The Morgan fingerprint density at radius 2 is 1.72 bits per heavy atom. The van der Waals surface area contributed by atoms with E-state index in [0.29, 0.717) is 22.8 Å². The van der Waals surface area contributed by atoms with Crippen LogP contribution in [0.2, 0.25) is 0 Å². The molecule has 0 saturated heterocycles. The van der Waals surface area contributed by atoms with Gasteiger partial charge in [-0.3, -0.25) is 4.79 Å². The van der Waals surface area contributed by atoms with Crippen LogP contribution in [0, 0.1) is 11.6 Å². The van der Waals surface area contributed by atoms with E-state index in [1.807, 2.05) is 0 Å². The van der Waals surface area contributed by atoms with Crippen LogP contribution in [0.1, 0.15) is 10.4 Å². The van der Waals surface area contributed by atoms with Crippen LogP contribution in [0.3, 0.4) is 0 Å². The van der Waals surface area contributed by atoms with Gasteiger partial charge in [0.2, 0.25) is 5.88 Å². The van der Waals surface area contributed by atoms with E-state index in [1.54, 1.807) is 36.4 Å². The lowest BCUT2D eigenvalue weighted by atomic mass is 10.1. The molecule has 3 rings (SSSR count). The number of hydrogen-bond acceptors (Lipinski definition) is 4. The molecule has 1 amide bonds. The molecule has 0 spiro atoms. The maximum absolute atomic E-state index is 13.7. The Hall–Kier alpha value is -3.35. The smallest absolute Gasteiger partial charge is 0.261 e. The van der Waals surface area contributed by atoms with Gasteiger partial charge in [-0.1, -0.05) is 18.2 Å². The average Bonchev–Trinajstić information content (AvgIpc) is 2.62. The Bertz CT molecular complexity index is 894. The van der Waals surface area contributed by atoms with Gasteiger partial charge in [-0.25, -0.2) is 8.78 Å².